The SMILES string of the molecule is CCc1nnsc1C(=O)N[C@H](C)CN. The number of carbonyl (C=O) groups is 1. The molecule has 0 fully saturated rings. The van der Waals surface area contributed by atoms with Crippen LogP contribution in [0, 0.1) is 0 Å². The molecule has 0 aliphatic heterocycles. The summed E-state index contributed by atoms with van der Waals surface area (Å²) in [5.74, 6) is -0.130. The second-order valence-electron chi connectivity index (χ2n) is 3.01. The van der Waals surface area contributed by atoms with Gasteiger partial charge in [-0.25, -0.2) is 0 Å². The van der Waals surface area contributed by atoms with E-state index >= 15 is 0 Å². The smallest absolute Gasteiger partial charge is 0.265 e. The normalized spacial score (nSPS) is 12.5. The summed E-state index contributed by atoms with van der Waals surface area (Å²) in [7, 11) is 0. The Morgan fingerprint density at radius 2 is 2.43 bits per heavy atom. The second-order valence-corrected chi connectivity index (χ2v) is 3.77. The monoisotopic (exact) mass is 214 g/mol. The lowest BCUT2D eigenvalue weighted by Gasteiger charge is -2.09. The third-order valence-electron chi connectivity index (χ3n) is 1.83. The molecule has 1 amide bonds. The molecule has 6 heteroatoms. The topological polar surface area (TPSA) is 80.9 Å². The lowest BCUT2D eigenvalue weighted by atomic mass is 10.2. The average Bonchev–Trinajstić information content (AvgIpc) is 2.65. The lowest BCUT2D eigenvalue weighted by Crippen LogP contribution is -2.37. The number of hydrogen-bond acceptors (Lipinski definition) is 5. The highest BCUT2D eigenvalue weighted by atomic mass is 32.1. The van der Waals surface area contributed by atoms with Crippen LogP contribution in [0.5, 0.6) is 0 Å². The van der Waals surface area contributed by atoms with E-state index in [9.17, 15) is 4.79 Å². The van der Waals surface area contributed by atoms with Crippen LogP contribution in [0.1, 0.15) is 29.2 Å². The summed E-state index contributed by atoms with van der Waals surface area (Å²) in [5.41, 5.74) is 6.15. The summed E-state index contributed by atoms with van der Waals surface area (Å²) < 4.78 is 3.75. The number of nitrogens with two attached hydrogens (primary N) is 1. The Labute approximate surface area is 86.9 Å². The average molecular weight is 214 g/mol. The maximum Gasteiger partial charge on any atom is 0.265 e. The highest BCUT2D eigenvalue weighted by Crippen LogP contribution is 2.10. The van der Waals surface area contributed by atoms with Gasteiger partial charge in [-0.05, 0) is 24.9 Å². The molecule has 0 saturated carbocycles. The molecule has 14 heavy (non-hydrogen) atoms. The van der Waals surface area contributed by atoms with Crippen molar-refractivity contribution in [3.05, 3.63) is 10.6 Å². The molecular formula is C8H14N4OS. The van der Waals surface area contributed by atoms with Gasteiger partial charge in [-0.1, -0.05) is 11.4 Å². The van der Waals surface area contributed by atoms with E-state index in [1.165, 1.54) is 0 Å². The predicted molar refractivity (Wildman–Crippen MR) is 55.3 cm³/mol. The summed E-state index contributed by atoms with van der Waals surface area (Å²) in [5, 5.41) is 6.64. The van der Waals surface area contributed by atoms with Gasteiger partial charge < -0.3 is 11.1 Å². The summed E-state index contributed by atoms with van der Waals surface area (Å²) >= 11 is 1.12. The van der Waals surface area contributed by atoms with Crippen LogP contribution in [-0.4, -0.2) is 28.1 Å². The number of nitrogens with one attached hydrogen (secondary N) is 1. The standard InChI is InChI=1S/C8H14N4OS/c1-3-6-7(14-12-11-6)8(13)10-5(2)4-9/h5H,3-4,9H2,1-2H3,(H,10,13)/t5-/m1/s1. The van der Waals surface area contributed by atoms with E-state index in [0.717, 1.165) is 23.6 Å². The summed E-state index contributed by atoms with van der Waals surface area (Å²) in [4.78, 5) is 12.2. The molecule has 0 aromatic carbocycles. The number of hydrogen-bond donors (Lipinski definition) is 2. The van der Waals surface area contributed by atoms with E-state index in [4.69, 9.17) is 5.73 Å². The third kappa shape index (κ3) is 2.49. The van der Waals surface area contributed by atoms with Crippen LogP contribution in [-0.2, 0) is 6.42 Å². The van der Waals surface area contributed by atoms with Crippen LogP contribution in [0.4, 0.5) is 0 Å². The first-order valence-electron chi connectivity index (χ1n) is 4.51. The molecule has 78 valence electrons. The minimum absolute atomic E-state index is 0.0192. The van der Waals surface area contributed by atoms with Crippen molar-refractivity contribution in [1.82, 2.24) is 14.9 Å². The fourth-order valence-corrected chi connectivity index (χ4v) is 1.61. The molecule has 3 N–H and O–H groups in total. The van der Waals surface area contributed by atoms with Gasteiger partial charge in [0.2, 0.25) is 0 Å². The van der Waals surface area contributed by atoms with Crippen molar-refractivity contribution in [3.63, 3.8) is 0 Å². The minimum Gasteiger partial charge on any atom is -0.348 e. The van der Waals surface area contributed by atoms with Crippen LogP contribution in [0.25, 0.3) is 0 Å². The maximum atomic E-state index is 11.6. The molecule has 0 saturated heterocycles. The van der Waals surface area contributed by atoms with E-state index < -0.39 is 0 Å². The van der Waals surface area contributed by atoms with Crippen molar-refractivity contribution in [2.24, 2.45) is 5.73 Å². The predicted octanol–water partition coefficient (Wildman–Crippen LogP) is 0.178. The van der Waals surface area contributed by atoms with Gasteiger partial charge in [0.1, 0.15) is 4.88 Å². The molecule has 1 rings (SSSR count). The van der Waals surface area contributed by atoms with Gasteiger partial charge in [-0.15, -0.1) is 5.10 Å². The molecule has 1 aromatic heterocycles. The van der Waals surface area contributed by atoms with Crippen LogP contribution in [0.15, 0.2) is 0 Å². The first-order chi connectivity index (χ1) is 6.69. The summed E-state index contributed by atoms with van der Waals surface area (Å²) in [6.45, 7) is 4.23. The second kappa shape index (κ2) is 5.02. The molecule has 5 nitrogen and oxygen atoms in total. The van der Waals surface area contributed by atoms with Crippen LogP contribution in [0.3, 0.4) is 0 Å². The quantitative estimate of drug-likeness (QED) is 0.749. The molecular weight excluding hydrogens is 200 g/mol. The van der Waals surface area contributed by atoms with E-state index in [2.05, 4.69) is 14.9 Å². The number of aromatic nitrogens is 2. The van der Waals surface area contributed by atoms with Crippen molar-refractivity contribution < 1.29 is 4.79 Å². The molecule has 0 bridgehead atoms. The third-order valence-corrected chi connectivity index (χ3v) is 2.59. The Morgan fingerprint density at radius 3 is 3.00 bits per heavy atom. The van der Waals surface area contributed by atoms with Gasteiger partial charge >= 0.3 is 0 Å². The Kier molecular flexibility index (Phi) is 3.97. The molecule has 0 radical (unpaired) electrons. The van der Waals surface area contributed by atoms with Gasteiger partial charge in [-0.2, -0.15) is 0 Å². The Bertz CT molecular complexity index is 312. The highest BCUT2D eigenvalue weighted by Gasteiger charge is 2.15. The van der Waals surface area contributed by atoms with Crippen LogP contribution >= 0.6 is 11.5 Å². The number of amides is 1. The Balaban J connectivity index is 2.69. The fraction of sp³-hybridized carbons (Fsp3) is 0.625. The van der Waals surface area contributed by atoms with E-state index in [1.807, 2.05) is 13.8 Å². The first kappa shape index (κ1) is 11.1. The van der Waals surface area contributed by atoms with Crippen molar-refractivity contribution in [2.45, 2.75) is 26.3 Å². The minimum atomic E-state index is -0.130. The zero-order chi connectivity index (χ0) is 10.6. The van der Waals surface area contributed by atoms with Crippen LogP contribution in [0.2, 0.25) is 0 Å². The molecule has 0 unspecified atom stereocenters. The van der Waals surface area contributed by atoms with Crippen LogP contribution < -0.4 is 11.1 Å². The highest BCUT2D eigenvalue weighted by molar-refractivity contribution is 7.08. The van der Waals surface area contributed by atoms with Gasteiger partial charge in [-0.3, -0.25) is 4.79 Å². The number of nitrogens with zero attached hydrogens (tertiary/aromatic N) is 2. The molecule has 1 atom stereocenters. The summed E-state index contributed by atoms with van der Waals surface area (Å²) in [6.07, 6.45) is 0.719. The zero-order valence-corrected chi connectivity index (χ0v) is 9.10. The van der Waals surface area contributed by atoms with Gasteiger partial charge in [0.15, 0.2) is 0 Å². The summed E-state index contributed by atoms with van der Waals surface area (Å²) in [6, 6.07) is -0.0192. The van der Waals surface area contributed by atoms with E-state index in [-0.39, 0.29) is 11.9 Å². The molecule has 0 aliphatic rings. The van der Waals surface area contributed by atoms with Gasteiger partial charge in [0.05, 0.1) is 5.69 Å². The molecule has 1 aromatic rings. The van der Waals surface area contributed by atoms with Gasteiger partial charge in [0, 0.05) is 12.6 Å². The molecule has 1 heterocycles. The first-order valence-corrected chi connectivity index (χ1v) is 5.28. The lowest BCUT2D eigenvalue weighted by molar-refractivity contribution is 0.0944. The van der Waals surface area contributed by atoms with Crippen molar-refractivity contribution in [3.8, 4) is 0 Å². The van der Waals surface area contributed by atoms with E-state index in [1.54, 1.807) is 0 Å². The largest absolute Gasteiger partial charge is 0.348 e. The molecule has 0 spiro atoms. The van der Waals surface area contributed by atoms with E-state index in [0.29, 0.717) is 11.4 Å². The Morgan fingerprint density at radius 1 is 1.71 bits per heavy atom. The fourth-order valence-electron chi connectivity index (χ4n) is 0.961. The van der Waals surface area contributed by atoms with Crippen molar-refractivity contribution >= 4 is 17.4 Å². The zero-order valence-electron chi connectivity index (χ0n) is 8.28. The maximum absolute atomic E-state index is 11.6. The number of aryl methyl sites for hydroxylation is 1. The Hall–Kier alpha value is -1.01. The molecule has 0 aliphatic carbocycles. The van der Waals surface area contributed by atoms with Crippen molar-refractivity contribution in [2.75, 3.05) is 6.54 Å². The van der Waals surface area contributed by atoms with Gasteiger partial charge in [0.25, 0.3) is 5.91 Å². The number of rotatable bonds is 4. The number of carbonyl (C=O) groups excluding carboxylic acids is 1. The van der Waals surface area contributed by atoms with Crippen molar-refractivity contribution in [1.29, 1.82) is 0 Å².